The first-order valence-electron chi connectivity index (χ1n) is 13.5. The molecule has 0 bridgehead atoms. The van der Waals surface area contributed by atoms with Crippen molar-refractivity contribution in [2.24, 2.45) is 5.41 Å². The fourth-order valence-corrected chi connectivity index (χ4v) is 3.42. The largest absolute Gasteiger partial charge is 0.478 e. The number of carboxylic acid groups (broad SMARTS) is 1. The van der Waals surface area contributed by atoms with Crippen LogP contribution in [0.3, 0.4) is 0 Å². The maximum absolute atomic E-state index is 10.3. The van der Waals surface area contributed by atoms with Gasteiger partial charge in [-0.3, -0.25) is 0 Å². The van der Waals surface area contributed by atoms with Gasteiger partial charge < -0.3 is 25.5 Å². The number of allylic oxidation sites excluding steroid dienone is 3. The number of hydrogen-bond acceptors (Lipinski definition) is 5. The molecule has 0 aliphatic heterocycles. The van der Waals surface area contributed by atoms with E-state index in [9.17, 15) is 4.79 Å². The van der Waals surface area contributed by atoms with Crippen molar-refractivity contribution >= 4 is 5.97 Å². The van der Waals surface area contributed by atoms with E-state index in [1.54, 1.807) is 6.08 Å². The topological polar surface area (TPSA) is 118 Å². The first-order chi connectivity index (χ1) is 16.5. The summed E-state index contributed by atoms with van der Waals surface area (Å²) in [4.78, 5) is 10.3. The van der Waals surface area contributed by atoms with Crippen LogP contribution in [0.5, 0.6) is 0 Å². The summed E-state index contributed by atoms with van der Waals surface area (Å²) in [7, 11) is 0. The Hall–Kier alpha value is -1.21. The van der Waals surface area contributed by atoms with Crippen LogP contribution in [0.4, 0.5) is 0 Å². The van der Waals surface area contributed by atoms with Crippen LogP contribution in [0, 0.1) is 5.41 Å². The molecule has 0 radical (unpaired) electrons. The number of carboxylic acids is 1. The quantitative estimate of drug-likeness (QED) is 0.0710. The Labute approximate surface area is 208 Å². The second-order valence-corrected chi connectivity index (χ2v) is 9.35. The molecule has 0 aromatic carbocycles. The summed E-state index contributed by atoms with van der Waals surface area (Å²) in [5.41, 5.74) is -1.11. The van der Waals surface area contributed by atoms with Crippen LogP contribution in [-0.4, -0.2) is 57.9 Å². The van der Waals surface area contributed by atoms with Gasteiger partial charge in [-0.1, -0.05) is 121 Å². The minimum absolute atomic E-state index is 0.406. The van der Waals surface area contributed by atoms with Gasteiger partial charge in [0.2, 0.25) is 0 Å². The van der Waals surface area contributed by atoms with Crippen LogP contribution in [0.15, 0.2) is 24.3 Å². The molecule has 0 fully saturated rings. The zero-order chi connectivity index (χ0) is 25.8. The number of unbranched alkanes of at least 4 members (excludes halogenated alkanes) is 16. The zero-order valence-corrected chi connectivity index (χ0v) is 21.8. The number of hydrogen-bond donors (Lipinski definition) is 5. The molecule has 0 aromatic rings. The van der Waals surface area contributed by atoms with Gasteiger partial charge in [0, 0.05) is 6.08 Å². The number of aliphatic carboxylic acids is 1. The van der Waals surface area contributed by atoms with Crippen LogP contribution in [-0.2, 0) is 4.79 Å². The highest BCUT2D eigenvalue weighted by molar-refractivity contribution is 5.80. The summed E-state index contributed by atoms with van der Waals surface area (Å²) in [6.45, 7) is 0.655. The SMILES string of the molecule is CCCCCCCCCCCCCCCCCCC=CC=CC(=O)O.OCC(CO)(CO)CO. The Bertz CT molecular complexity index is 454. The Morgan fingerprint density at radius 2 is 0.941 bits per heavy atom. The number of rotatable bonds is 23. The van der Waals surface area contributed by atoms with Crippen molar-refractivity contribution in [3.05, 3.63) is 24.3 Å². The van der Waals surface area contributed by atoms with Gasteiger partial charge in [-0.2, -0.15) is 0 Å². The molecule has 202 valence electrons. The molecule has 0 saturated heterocycles. The number of carbonyl (C=O) groups is 1. The average Bonchev–Trinajstić information content (AvgIpc) is 2.85. The van der Waals surface area contributed by atoms with Crippen LogP contribution in [0.2, 0.25) is 0 Å². The Kier molecular flexibility index (Phi) is 28.8. The second-order valence-electron chi connectivity index (χ2n) is 9.35. The second kappa shape index (κ2) is 28.0. The normalized spacial score (nSPS) is 11.8. The summed E-state index contributed by atoms with van der Waals surface area (Å²) in [6.07, 6.45) is 30.1. The number of aliphatic hydroxyl groups is 4. The van der Waals surface area contributed by atoms with Crippen LogP contribution in [0.1, 0.15) is 116 Å². The van der Waals surface area contributed by atoms with Crippen molar-refractivity contribution in [1.29, 1.82) is 0 Å². The van der Waals surface area contributed by atoms with E-state index in [1.165, 1.54) is 109 Å². The van der Waals surface area contributed by atoms with Crippen LogP contribution in [0.25, 0.3) is 0 Å². The monoisotopic (exact) mass is 486 g/mol. The molecule has 0 atom stereocenters. The molecule has 0 aromatic heterocycles. The van der Waals surface area contributed by atoms with E-state index in [4.69, 9.17) is 25.5 Å². The van der Waals surface area contributed by atoms with Gasteiger partial charge in [0.25, 0.3) is 0 Å². The minimum atomic E-state index is -1.11. The van der Waals surface area contributed by atoms with Crippen molar-refractivity contribution in [2.45, 2.75) is 116 Å². The lowest BCUT2D eigenvalue weighted by molar-refractivity contribution is -0.131. The summed E-state index contributed by atoms with van der Waals surface area (Å²) >= 11 is 0. The van der Waals surface area contributed by atoms with Gasteiger partial charge in [-0.25, -0.2) is 4.79 Å². The minimum Gasteiger partial charge on any atom is -0.478 e. The molecule has 6 heteroatoms. The first-order valence-corrected chi connectivity index (χ1v) is 13.5. The lowest BCUT2D eigenvalue weighted by Crippen LogP contribution is -2.37. The first kappa shape index (κ1) is 35.0. The third kappa shape index (κ3) is 25.4. The van der Waals surface area contributed by atoms with Gasteiger partial charge in [-0.05, 0) is 12.8 Å². The maximum atomic E-state index is 10.3. The van der Waals surface area contributed by atoms with Gasteiger partial charge in [0.1, 0.15) is 0 Å². The van der Waals surface area contributed by atoms with E-state index >= 15 is 0 Å². The molecule has 0 aliphatic rings. The Morgan fingerprint density at radius 3 is 1.24 bits per heavy atom. The molecule has 0 amide bonds. The smallest absolute Gasteiger partial charge is 0.328 e. The molecule has 34 heavy (non-hydrogen) atoms. The fraction of sp³-hybridized carbons (Fsp3) is 0.821. The Morgan fingerprint density at radius 1 is 0.588 bits per heavy atom. The van der Waals surface area contributed by atoms with E-state index in [2.05, 4.69) is 13.0 Å². The van der Waals surface area contributed by atoms with E-state index in [1.807, 2.05) is 6.08 Å². The van der Waals surface area contributed by atoms with Gasteiger partial charge in [0.05, 0.1) is 31.8 Å². The number of aliphatic hydroxyl groups excluding tert-OH is 4. The van der Waals surface area contributed by atoms with Crippen molar-refractivity contribution in [3.8, 4) is 0 Å². The lowest BCUT2D eigenvalue weighted by Gasteiger charge is -2.23. The van der Waals surface area contributed by atoms with E-state index in [0.29, 0.717) is 0 Å². The molecular weight excluding hydrogens is 432 g/mol. The van der Waals surface area contributed by atoms with Gasteiger partial charge in [0.15, 0.2) is 0 Å². The molecule has 0 heterocycles. The summed E-state index contributed by atoms with van der Waals surface area (Å²) in [5.74, 6) is -0.882. The lowest BCUT2D eigenvalue weighted by atomic mass is 9.93. The highest BCUT2D eigenvalue weighted by atomic mass is 16.4. The van der Waals surface area contributed by atoms with E-state index in [0.717, 1.165) is 6.42 Å². The van der Waals surface area contributed by atoms with Gasteiger partial charge >= 0.3 is 5.97 Å². The van der Waals surface area contributed by atoms with Crippen molar-refractivity contribution in [2.75, 3.05) is 26.4 Å². The van der Waals surface area contributed by atoms with Crippen molar-refractivity contribution < 1.29 is 30.3 Å². The molecule has 0 unspecified atom stereocenters. The molecule has 0 rings (SSSR count). The summed E-state index contributed by atoms with van der Waals surface area (Å²) in [5, 5.41) is 42.4. The molecule has 0 aliphatic carbocycles. The highest BCUT2D eigenvalue weighted by Crippen LogP contribution is 2.14. The maximum Gasteiger partial charge on any atom is 0.328 e. The standard InChI is InChI=1S/C23H42O2.C5H12O4/c1-2-3-4-5-6-7-8-9-10-11-12-13-14-15-16-17-18-19-20-21-22-23(24)25;6-1-5(2-7,3-8)4-9/h19-22H,2-18H2,1H3,(H,24,25);6-9H,1-4H2. The third-order valence-corrected chi connectivity index (χ3v) is 6.05. The third-order valence-electron chi connectivity index (χ3n) is 6.05. The molecule has 5 N–H and O–H groups in total. The molecule has 6 nitrogen and oxygen atoms in total. The fourth-order valence-electron chi connectivity index (χ4n) is 3.42. The van der Waals surface area contributed by atoms with Crippen molar-refractivity contribution in [1.82, 2.24) is 0 Å². The predicted molar refractivity (Wildman–Crippen MR) is 141 cm³/mol. The molecule has 0 saturated carbocycles. The highest BCUT2D eigenvalue weighted by Gasteiger charge is 2.26. The summed E-state index contributed by atoms with van der Waals surface area (Å²) in [6, 6.07) is 0. The summed E-state index contributed by atoms with van der Waals surface area (Å²) < 4.78 is 0. The zero-order valence-electron chi connectivity index (χ0n) is 21.8. The van der Waals surface area contributed by atoms with Crippen LogP contribution < -0.4 is 0 Å². The van der Waals surface area contributed by atoms with E-state index in [-0.39, 0.29) is 0 Å². The Balaban J connectivity index is 0. The van der Waals surface area contributed by atoms with Crippen LogP contribution >= 0.6 is 0 Å². The van der Waals surface area contributed by atoms with E-state index < -0.39 is 37.8 Å². The van der Waals surface area contributed by atoms with Crippen molar-refractivity contribution in [3.63, 3.8) is 0 Å². The molecular formula is C28H54O6. The van der Waals surface area contributed by atoms with Gasteiger partial charge in [-0.15, -0.1) is 0 Å². The predicted octanol–water partition coefficient (Wildman–Crippen LogP) is 5.78. The average molecular weight is 487 g/mol. The molecule has 0 spiro atoms.